The lowest BCUT2D eigenvalue weighted by atomic mass is 10.3. The van der Waals surface area contributed by atoms with Gasteiger partial charge in [-0.15, -0.1) is 0 Å². The number of H-pyrrole nitrogens is 1. The molecule has 1 aromatic heterocycles. The number of carbonyl (C=O) groups is 1. The van der Waals surface area contributed by atoms with E-state index in [0.717, 1.165) is 36.1 Å². The lowest BCUT2D eigenvalue weighted by molar-refractivity contribution is -0.107. The molecule has 1 aromatic carbocycles. The first-order valence-corrected chi connectivity index (χ1v) is 5.48. The van der Waals surface area contributed by atoms with Crippen LogP contribution in [0.25, 0.3) is 11.0 Å². The molecule has 2 rings (SSSR count). The second-order valence-corrected chi connectivity index (χ2v) is 3.69. The van der Waals surface area contributed by atoms with Crippen molar-refractivity contribution in [3.05, 3.63) is 30.1 Å². The van der Waals surface area contributed by atoms with Crippen molar-refractivity contribution in [2.45, 2.75) is 19.4 Å². The lowest BCUT2D eigenvalue weighted by Gasteiger charge is -1.99. The molecular formula is C12H15N3O. The van der Waals surface area contributed by atoms with Gasteiger partial charge in [0.15, 0.2) is 0 Å². The van der Waals surface area contributed by atoms with Gasteiger partial charge in [0.1, 0.15) is 12.1 Å². The van der Waals surface area contributed by atoms with Gasteiger partial charge in [-0.2, -0.15) is 0 Å². The highest BCUT2D eigenvalue weighted by Crippen LogP contribution is 2.09. The van der Waals surface area contributed by atoms with Crippen LogP contribution in [-0.2, 0) is 11.3 Å². The first kappa shape index (κ1) is 10.8. The zero-order chi connectivity index (χ0) is 11.2. The predicted octanol–water partition coefficient (Wildman–Crippen LogP) is 1.63. The minimum absolute atomic E-state index is 0.618. The standard InChI is InChI=1S/C12H15N3O/c16-8-4-3-7-13-9-12-14-10-5-1-2-6-11(10)15-12/h1-2,5-6,8,13H,3-4,7,9H2,(H,14,15). The van der Waals surface area contributed by atoms with E-state index < -0.39 is 0 Å². The number of para-hydroxylation sites is 2. The number of aldehydes is 1. The zero-order valence-electron chi connectivity index (χ0n) is 9.07. The molecule has 0 aliphatic heterocycles. The fraction of sp³-hybridized carbons (Fsp3) is 0.333. The van der Waals surface area contributed by atoms with Crippen molar-refractivity contribution in [1.82, 2.24) is 15.3 Å². The number of benzene rings is 1. The monoisotopic (exact) mass is 217 g/mol. The van der Waals surface area contributed by atoms with Crippen LogP contribution in [0.4, 0.5) is 0 Å². The van der Waals surface area contributed by atoms with Crippen LogP contribution in [0.1, 0.15) is 18.7 Å². The summed E-state index contributed by atoms with van der Waals surface area (Å²) < 4.78 is 0. The molecule has 0 fully saturated rings. The molecule has 0 amide bonds. The van der Waals surface area contributed by atoms with Gasteiger partial charge in [0.05, 0.1) is 17.6 Å². The molecule has 0 aliphatic rings. The molecule has 0 spiro atoms. The fourth-order valence-corrected chi connectivity index (χ4v) is 1.61. The molecule has 4 nitrogen and oxygen atoms in total. The topological polar surface area (TPSA) is 57.8 Å². The quantitative estimate of drug-likeness (QED) is 0.571. The van der Waals surface area contributed by atoms with Crippen LogP contribution in [0.15, 0.2) is 24.3 Å². The summed E-state index contributed by atoms with van der Waals surface area (Å²) in [6, 6.07) is 7.96. The Labute approximate surface area is 94.1 Å². The molecule has 0 bridgehead atoms. The molecule has 4 heteroatoms. The van der Waals surface area contributed by atoms with Crippen LogP contribution in [0.5, 0.6) is 0 Å². The highest BCUT2D eigenvalue weighted by Gasteiger charge is 2.00. The van der Waals surface area contributed by atoms with Gasteiger partial charge in [-0.1, -0.05) is 12.1 Å². The first-order valence-electron chi connectivity index (χ1n) is 5.48. The maximum absolute atomic E-state index is 10.1. The number of aromatic nitrogens is 2. The smallest absolute Gasteiger partial charge is 0.121 e. The van der Waals surface area contributed by atoms with Crippen molar-refractivity contribution in [2.75, 3.05) is 6.54 Å². The fourth-order valence-electron chi connectivity index (χ4n) is 1.61. The van der Waals surface area contributed by atoms with Crippen molar-refractivity contribution in [3.63, 3.8) is 0 Å². The van der Waals surface area contributed by atoms with E-state index in [1.165, 1.54) is 0 Å². The van der Waals surface area contributed by atoms with Crippen molar-refractivity contribution in [2.24, 2.45) is 0 Å². The Bertz CT molecular complexity index is 431. The Morgan fingerprint density at radius 2 is 2.25 bits per heavy atom. The minimum Gasteiger partial charge on any atom is -0.341 e. The average Bonchev–Trinajstić information content (AvgIpc) is 2.71. The van der Waals surface area contributed by atoms with E-state index in [1.54, 1.807) is 0 Å². The number of nitrogens with zero attached hydrogens (tertiary/aromatic N) is 1. The normalized spacial score (nSPS) is 10.8. The summed E-state index contributed by atoms with van der Waals surface area (Å²) in [5.74, 6) is 0.937. The van der Waals surface area contributed by atoms with Gasteiger partial charge in [0.25, 0.3) is 0 Å². The molecule has 0 atom stereocenters. The SMILES string of the molecule is O=CCCCNCc1nc2ccccc2[nH]1. The Kier molecular flexibility index (Phi) is 3.66. The summed E-state index contributed by atoms with van der Waals surface area (Å²) in [6.45, 7) is 1.56. The maximum Gasteiger partial charge on any atom is 0.121 e. The molecule has 0 saturated carbocycles. The van der Waals surface area contributed by atoms with Crippen LogP contribution in [0, 0.1) is 0 Å². The van der Waals surface area contributed by atoms with Gasteiger partial charge in [-0.25, -0.2) is 4.98 Å². The minimum atomic E-state index is 0.618. The molecule has 84 valence electrons. The Balaban J connectivity index is 1.87. The number of aromatic amines is 1. The molecule has 2 N–H and O–H groups in total. The third-order valence-electron chi connectivity index (χ3n) is 2.41. The molecule has 0 radical (unpaired) electrons. The van der Waals surface area contributed by atoms with Crippen molar-refractivity contribution >= 4 is 17.3 Å². The summed E-state index contributed by atoms with van der Waals surface area (Å²) in [7, 11) is 0. The molecule has 2 aromatic rings. The van der Waals surface area contributed by atoms with Crippen molar-refractivity contribution in [1.29, 1.82) is 0 Å². The third-order valence-corrected chi connectivity index (χ3v) is 2.41. The number of nitrogens with one attached hydrogen (secondary N) is 2. The van der Waals surface area contributed by atoms with Crippen molar-refractivity contribution in [3.8, 4) is 0 Å². The van der Waals surface area contributed by atoms with Crippen LogP contribution in [0.2, 0.25) is 0 Å². The van der Waals surface area contributed by atoms with Crippen LogP contribution >= 0.6 is 0 Å². The number of fused-ring (bicyclic) bond motifs is 1. The lowest BCUT2D eigenvalue weighted by Crippen LogP contribution is -2.15. The van der Waals surface area contributed by atoms with E-state index in [1.807, 2.05) is 24.3 Å². The van der Waals surface area contributed by atoms with Gasteiger partial charge in [-0.3, -0.25) is 0 Å². The van der Waals surface area contributed by atoms with Gasteiger partial charge < -0.3 is 15.1 Å². The Morgan fingerprint density at radius 3 is 3.06 bits per heavy atom. The number of hydrogen-bond acceptors (Lipinski definition) is 3. The highest BCUT2D eigenvalue weighted by atomic mass is 16.1. The molecule has 0 unspecified atom stereocenters. The van der Waals surface area contributed by atoms with Gasteiger partial charge in [-0.05, 0) is 25.1 Å². The van der Waals surface area contributed by atoms with Crippen LogP contribution < -0.4 is 5.32 Å². The van der Waals surface area contributed by atoms with Gasteiger partial charge in [0, 0.05) is 6.42 Å². The zero-order valence-corrected chi connectivity index (χ0v) is 9.07. The molecular weight excluding hydrogens is 202 g/mol. The Morgan fingerprint density at radius 1 is 1.38 bits per heavy atom. The van der Waals surface area contributed by atoms with E-state index in [4.69, 9.17) is 0 Å². The van der Waals surface area contributed by atoms with Gasteiger partial charge in [0.2, 0.25) is 0 Å². The first-order chi connectivity index (χ1) is 7.90. The number of hydrogen-bond donors (Lipinski definition) is 2. The van der Waals surface area contributed by atoms with Crippen LogP contribution in [0.3, 0.4) is 0 Å². The van der Waals surface area contributed by atoms with Gasteiger partial charge >= 0.3 is 0 Å². The molecule has 0 aliphatic carbocycles. The largest absolute Gasteiger partial charge is 0.341 e. The maximum atomic E-state index is 10.1. The summed E-state index contributed by atoms with van der Waals surface area (Å²) in [4.78, 5) is 17.8. The number of imidazole rings is 1. The van der Waals surface area contributed by atoms with E-state index >= 15 is 0 Å². The molecule has 0 saturated heterocycles. The average molecular weight is 217 g/mol. The van der Waals surface area contributed by atoms with E-state index in [2.05, 4.69) is 15.3 Å². The number of rotatable bonds is 6. The van der Waals surface area contributed by atoms with Crippen LogP contribution in [-0.4, -0.2) is 22.8 Å². The summed E-state index contributed by atoms with van der Waals surface area (Å²) in [5, 5.41) is 3.24. The van der Waals surface area contributed by atoms with E-state index in [9.17, 15) is 4.79 Å². The molecule has 1 heterocycles. The van der Waals surface area contributed by atoms with E-state index in [-0.39, 0.29) is 0 Å². The summed E-state index contributed by atoms with van der Waals surface area (Å²) in [6.07, 6.45) is 2.44. The highest BCUT2D eigenvalue weighted by molar-refractivity contribution is 5.74. The van der Waals surface area contributed by atoms with E-state index in [0.29, 0.717) is 13.0 Å². The van der Waals surface area contributed by atoms with Crippen molar-refractivity contribution < 1.29 is 4.79 Å². The molecule has 16 heavy (non-hydrogen) atoms. The number of unbranched alkanes of at least 4 members (excludes halogenated alkanes) is 1. The second kappa shape index (κ2) is 5.42. The third kappa shape index (κ3) is 2.67. The second-order valence-electron chi connectivity index (χ2n) is 3.69. The Hall–Kier alpha value is -1.68. The number of carbonyl (C=O) groups excluding carboxylic acids is 1. The predicted molar refractivity (Wildman–Crippen MR) is 63.1 cm³/mol. The summed E-state index contributed by atoms with van der Waals surface area (Å²) in [5.41, 5.74) is 2.05. The summed E-state index contributed by atoms with van der Waals surface area (Å²) >= 11 is 0.